The average molecular weight is 242 g/mol. The molecule has 0 aliphatic carbocycles. The van der Waals surface area contributed by atoms with E-state index < -0.39 is 0 Å². The van der Waals surface area contributed by atoms with Crippen LogP contribution in [0, 0.1) is 0 Å². The SMILES string of the molecule is CC1CCCCN1c1ncnc2cc(N)ccc12. The molecule has 1 unspecified atom stereocenters. The monoisotopic (exact) mass is 242 g/mol. The van der Waals surface area contributed by atoms with Crippen LogP contribution in [-0.2, 0) is 0 Å². The van der Waals surface area contributed by atoms with Crippen LogP contribution in [0.5, 0.6) is 0 Å². The molecule has 3 rings (SSSR count). The number of piperidine rings is 1. The quantitative estimate of drug-likeness (QED) is 0.781. The fraction of sp³-hybridized carbons (Fsp3) is 0.429. The van der Waals surface area contributed by atoms with Crippen molar-refractivity contribution in [3.8, 4) is 0 Å². The highest BCUT2D eigenvalue weighted by molar-refractivity contribution is 5.91. The molecule has 2 N–H and O–H groups in total. The molecule has 2 heterocycles. The van der Waals surface area contributed by atoms with Crippen LogP contribution >= 0.6 is 0 Å². The molecule has 0 saturated carbocycles. The normalized spacial score (nSPS) is 20.3. The van der Waals surface area contributed by atoms with Crippen molar-refractivity contribution in [2.75, 3.05) is 17.2 Å². The summed E-state index contributed by atoms with van der Waals surface area (Å²) in [6.07, 6.45) is 5.43. The van der Waals surface area contributed by atoms with E-state index in [0.29, 0.717) is 6.04 Å². The fourth-order valence-electron chi connectivity index (χ4n) is 2.70. The zero-order valence-corrected chi connectivity index (χ0v) is 10.6. The molecule has 4 nitrogen and oxygen atoms in total. The Morgan fingerprint density at radius 1 is 1.28 bits per heavy atom. The maximum absolute atomic E-state index is 5.81. The van der Waals surface area contributed by atoms with Gasteiger partial charge in [-0.1, -0.05) is 0 Å². The molecule has 1 atom stereocenters. The number of nitrogens with two attached hydrogens (primary N) is 1. The van der Waals surface area contributed by atoms with Gasteiger partial charge < -0.3 is 10.6 Å². The van der Waals surface area contributed by atoms with Gasteiger partial charge in [-0.3, -0.25) is 0 Å². The van der Waals surface area contributed by atoms with E-state index in [1.54, 1.807) is 6.33 Å². The minimum absolute atomic E-state index is 0.550. The van der Waals surface area contributed by atoms with E-state index in [2.05, 4.69) is 21.8 Å². The lowest BCUT2D eigenvalue weighted by Crippen LogP contribution is -2.38. The fourth-order valence-corrected chi connectivity index (χ4v) is 2.70. The highest BCUT2D eigenvalue weighted by atomic mass is 15.2. The Morgan fingerprint density at radius 2 is 2.17 bits per heavy atom. The summed E-state index contributed by atoms with van der Waals surface area (Å²) >= 11 is 0. The van der Waals surface area contributed by atoms with Crippen LogP contribution in [0.1, 0.15) is 26.2 Å². The topological polar surface area (TPSA) is 55.0 Å². The lowest BCUT2D eigenvalue weighted by molar-refractivity contribution is 0.482. The van der Waals surface area contributed by atoms with Gasteiger partial charge in [0.15, 0.2) is 0 Å². The molecule has 0 bridgehead atoms. The molecular weight excluding hydrogens is 224 g/mol. The molecule has 1 aliphatic rings. The standard InChI is InChI=1S/C14H18N4/c1-10-4-2-3-7-18(10)14-12-6-5-11(15)8-13(12)16-9-17-14/h5-6,8-10H,2-4,7,15H2,1H3. The molecule has 2 aromatic rings. The predicted molar refractivity (Wildman–Crippen MR) is 74.6 cm³/mol. The Hall–Kier alpha value is -1.84. The number of hydrogen-bond donors (Lipinski definition) is 1. The van der Waals surface area contributed by atoms with Crippen molar-refractivity contribution >= 4 is 22.4 Å². The van der Waals surface area contributed by atoms with E-state index in [4.69, 9.17) is 5.73 Å². The Labute approximate surface area is 107 Å². The van der Waals surface area contributed by atoms with Gasteiger partial charge in [-0.2, -0.15) is 0 Å². The molecule has 4 heteroatoms. The summed E-state index contributed by atoms with van der Waals surface area (Å²) in [5, 5.41) is 1.10. The zero-order chi connectivity index (χ0) is 12.5. The molecular formula is C14H18N4. The van der Waals surface area contributed by atoms with E-state index in [1.807, 2.05) is 18.2 Å². The molecule has 1 fully saturated rings. The van der Waals surface area contributed by atoms with Crippen molar-refractivity contribution in [3.63, 3.8) is 0 Å². The lowest BCUT2D eigenvalue weighted by atomic mass is 10.0. The zero-order valence-electron chi connectivity index (χ0n) is 10.6. The third-order valence-electron chi connectivity index (χ3n) is 3.71. The van der Waals surface area contributed by atoms with Crippen LogP contribution in [0.25, 0.3) is 10.9 Å². The maximum Gasteiger partial charge on any atom is 0.140 e. The summed E-state index contributed by atoms with van der Waals surface area (Å²) in [6.45, 7) is 3.35. The summed E-state index contributed by atoms with van der Waals surface area (Å²) in [5.41, 5.74) is 7.48. The molecule has 94 valence electrons. The van der Waals surface area contributed by atoms with E-state index in [0.717, 1.165) is 29.0 Å². The van der Waals surface area contributed by atoms with Gasteiger partial charge in [0.2, 0.25) is 0 Å². The van der Waals surface area contributed by atoms with Crippen LogP contribution in [0.2, 0.25) is 0 Å². The Kier molecular flexibility index (Phi) is 2.78. The number of hydrogen-bond acceptors (Lipinski definition) is 4. The number of nitrogens with zero attached hydrogens (tertiary/aromatic N) is 3. The van der Waals surface area contributed by atoms with E-state index in [-0.39, 0.29) is 0 Å². The molecule has 18 heavy (non-hydrogen) atoms. The summed E-state index contributed by atoms with van der Waals surface area (Å²) < 4.78 is 0. The highest BCUT2D eigenvalue weighted by Crippen LogP contribution is 2.29. The second kappa shape index (κ2) is 4.44. The predicted octanol–water partition coefficient (Wildman–Crippen LogP) is 2.59. The van der Waals surface area contributed by atoms with Gasteiger partial charge in [0, 0.05) is 23.7 Å². The third-order valence-corrected chi connectivity index (χ3v) is 3.71. The van der Waals surface area contributed by atoms with Crippen molar-refractivity contribution in [2.45, 2.75) is 32.2 Å². The first-order valence-electron chi connectivity index (χ1n) is 6.52. The number of rotatable bonds is 1. The molecule has 1 aromatic heterocycles. The second-order valence-electron chi connectivity index (χ2n) is 5.01. The summed E-state index contributed by atoms with van der Waals surface area (Å²) in [4.78, 5) is 11.2. The van der Waals surface area contributed by atoms with Gasteiger partial charge in [0.05, 0.1) is 5.52 Å². The molecule has 0 amide bonds. The molecule has 1 saturated heterocycles. The van der Waals surface area contributed by atoms with Crippen molar-refractivity contribution in [3.05, 3.63) is 24.5 Å². The molecule has 1 aliphatic heterocycles. The van der Waals surface area contributed by atoms with Crippen molar-refractivity contribution in [1.82, 2.24) is 9.97 Å². The first-order valence-corrected chi connectivity index (χ1v) is 6.52. The second-order valence-corrected chi connectivity index (χ2v) is 5.01. The van der Waals surface area contributed by atoms with Gasteiger partial charge in [-0.15, -0.1) is 0 Å². The van der Waals surface area contributed by atoms with Crippen LogP contribution in [0.15, 0.2) is 24.5 Å². The summed E-state index contributed by atoms with van der Waals surface area (Å²) in [5.74, 6) is 1.05. The van der Waals surface area contributed by atoms with Crippen LogP contribution in [-0.4, -0.2) is 22.6 Å². The number of fused-ring (bicyclic) bond motifs is 1. The third kappa shape index (κ3) is 1.88. The average Bonchev–Trinajstić information content (AvgIpc) is 2.38. The Balaban J connectivity index is 2.10. The maximum atomic E-state index is 5.81. The first-order chi connectivity index (χ1) is 8.75. The number of aromatic nitrogens is 2. The van der Waals surface area contributed by atoms with Gasteiger partial charge >= 0.3 is 0 Å². The number of benzene rings is 1. The van der Waals surface area contributed by atoms with Crippen LogP contribution < -0.4 is 10.6 Å². The summed E-state index contributed by atoms with van der Waals surface area (Å²) in [6, 6.07) is 6.41. The Bertz CT molecular complexity index is 567. The van der Waals surface area contributed by atoms with Gasteiger partial charge in [-0.05, 0) is 44.4 Å². The number of anilines is 2. The minimum atomic E-state index is 0.550. The number of nitrogen functional groups attached to an aromatic ring is 1. The van der Waals surface area contributed by atoms with Crippen LogP contribution in [0.4, 0.5) is 11.5 Å². The van der Waals surface area contributed by atoms with Gasteiger partial charge in [-0.25, -0.2) is 9.97 Å². The van der Waals surface area contributed by atoms with E-state index >= 15 is 0 Å². The molecule has 0 spiro atoms. The van der Waals surface area contributed by atoms with Gasteiger partial charge in [0.1, 0.15) is 12.1 Å². The summed E-state index contributed by atoms with van der Waals surface area (Å²) in [7, 11) is 0. The van der Waals surface area contributed by atoms with Crippen molar-refractivity contribution in [2.24, 2.45) is 0 Å². The van der Waals surface area contributed by atoms with Crippen molar-refractivity contribution in [1.29, 1.82) is 0 Å². The Morgan fingerprint density at radius 3 is 3.00 bits per heavy atom. The molecule has 0 radical (unpaired) electrons. The van der Waals surface area contributed by atoms with E-state index in [1.165, 1.54) is 19.3 Å². The van der Waals surface area contributed by atoms with Crippen LogP contribution in [0.3, 0.4) is 0 Å². The van der Waals surface area contributed by atoms with Gasteiger partial charge in [0.25, 0.3) is 0 Å². The molecule has 1 aromatic carbocycles. The first kappa shape index (κ1) is 11.3. The van der Waals surface area contributed by atoms with Crippen molar-refractivity contribution < 1.29 is 0 Å². The smallest absolute Gasteiger partial charge is 0.140 e. The highest BCUT2D eigenvalue weighted by Gasteiger charge is 2.21. The minimum Gasteiger partial charge on any atom is -0.399 e. The van der Waals surface area contributed by atoms with E-state index in [9.17, 15) is 0 Å². The largest absolute Gasteiger partial charge is 0.399 e. The lowest BCUT2D eigenvalue weighted by Gasteiger charge is -2.34.